The second kappa shape index (κ2) is 7.32. The van der Waals surface area contributed by atoms with Gasteiger partial charge in [0.25, 0.3) is 0 Å². The van der Waals surface area contributed by atoms with Gasteiger partial charge in [-0.05, 0) is 67.7 Å². The number of methoxy groups -OCH3 is 1. The summed E-state index contributed by atoms with van der Waals surface area (Å²) < 4.78 is 29.8. The van der Waals surface area contributed by atoms with E-state index in [1.165, 1.54) is 28.5 Å². The Morgan fingerprint density at radius 2 is 1.97 bits per heavy atom. The lowest BCUT2D eigenvalue weighted by Gasteiger charge is -2.32. The number of amides is 2. The normalized spacial score (nSPS) is 23.3. The van der Waals surface area contributed by atoms with E-state index in [1.54, 1.807) is 11.8 Å². The molecule has 2 amide bonds. The zero-order valence-corrected chi connectivity index (χ0v) is 18.6. The number of aryl methyl sites for hydroxylation is 2. The molecule has 9 nitrogen and oxygen atoms in total. The zero-order chi connectivity index (χ0) is 21.8. The summed E-state index contributed by atoms with van der Waals surface area (Å²) in [5.74, 6) is 0.264. The van der Waals surface area contributed by atoms with E-state index in [0.717, 1.165) is 44.2 Å². The Bertz CT molecular complexity index is 1160. The van der Waals surface area contributed by atoms with Crippen LogP contribution in [0.5, 0.6) is 5.88 Å². The molecule has 31 heavy (non-hydrogen) atoms. The molecule has 1 aromatic carbocycles. The number of nitrogens with one attached hydrogen (secondary N) is 1. The first-order valence-corrected chi connectivity index (χ1v) is 12.1. The molecule has 10 heteroatoms. The van der Waals surface area contributed by atoms with Crippen LogP contribution in [0.1, 0.15) is 42.0 Å². The number of anilines is 1. The molecule has 5 rings (SSSR count). The molecule has 0 fully saturated rings. The largest absolute Gasteiger partial charge is 0.474 e. The lowest BCUT2D eigenvalue weighted by molar-refractivity contribution is -0.0654. The predicted octanol–water partition coefficient (Wildman–Crippen LogP) is 2.59. The molecule has 0 spiro atoms. The quantitative estimate of drug-likeness (QED) is 0.752. The highest BCUT2D eigenvalue weighted by Gasteiger charge is 2.35. The predicted molar refractivity (Wildman–Crippen MR) is 116 cm³/mol. The number of nitrogens with two attached hydrogens (primary N) is 1. The summed E-state index contributed by atoms with van der Waals surface area (Å²) in [6, 6.07) is 1.58. The Morgan fingerprint density at radius 1 is 1.29 bits per heavy atom. The highest BCUT2D eigenvalue weighted by Crippen LogP contribution is 2.39. The molecule has 166 valence electrons. The molecule has 3 N–H and O–H groups in total. The molecular weight excluding hydrogens is 418 g/mol. The summed E-state index contributed by atoms with van der Waals surface area (Å²) >= 11 is 0. The summed E-state index contributed by atoms with van der Waals surface area (Å²) in [7, 11) is -1.94. The second-order valence-corrected chi connectivity index (χ2v) is 10.5. The molecule has 0 saturated carbocycles. The van der Waals surface area contributed by atoms with E-state index in [2.05, 4.69) is 20.8 Å². The van der Waals surface area contributed by atoms with Gasteiger partial charge < -0.3 is 14.8 Å². The van der Waals surface area contributed by atoms with Crippen LogP contribution in [0.4, 0.5) is 10.5 Å². The second-order valence-electron chi connectivity index (χ2n) is 8.74. The van der Waals surface area contributed by atoms with E-state index in [0.29, 0.717) is 6.54 Å². The van der Waals surface area contributed by atoms with Gasteiger partial charge in [-0.15, -0.1) is 4.36 Å². The number of urea groups is 1. The minimum Gasteiger partial charge on any atom is -0.474 e. The van der Waals surface area contributed by atoms with Gasteiger partial charge in [0.2, 0.25) is 5.88 Å². The lowest BCUT2D eigenvalue weighted by Crippen LogP contribution is -2.43. The SMILES string of the molecule is CO[C@]1(C)COc2c([S@@](N)(=O)=NC(=O)Nc3c4c(cc5c3CCC5)CCC4)cnn2C1. The smallest absolute Gasteiger partial charge is 0.354 e. The van der Waals surface area contributed by atoms with Crippen LogP contribution in [0.15, 0.2) is 21.5 Å². The number of nitrogens with zero attached hydrogens (tertiary/aromatic N) is 3. The van der Waals surface area contributed by atoms with E-state index in [-0.39, 0.29) is 17.4 Å². The van der Waals surface area contributed by atoms with Gasteiger partial charge in [0.1, 0.15) is 17.1 Å². The van der Waals surface area contributed by atoms with Gasteiger partial charge in [0.15, 0.2) is 9.92 Å². The number of rotatable bonds is 3. The van der Waals surface area contributed by atoms with Crippen LogP contribution < -0.4 is 15.2 Å². The first-order chi connectivity index (χ1) is 14.8. The van der Waals surface area contributed by atoms with Crippen LogP contribution in [0.25, 0.3) is 0 Å². The minimum atomic E-state index is -3.54. The van der Waals surface area contributed by atoms with Crippen molar-refractivity contribution >= 4 is 21.6 Å². The van der Waals surface area contributed by atoms with Crippen LogP contribution in [0.3, 0.4) is 0 Å². The zero-order valence-electron chi connectivity index (χ0n) is 17.8. The van der Waals surface area contributed by atoms with Crippen molar-refractivity contribution in [3.05, 3.63) is 34.5 Å². The topological polar surface area (TPSA) is 121 Å². The molecule has 3 aliphatic rings. The van der Waals surface area contributed by atoms with Crippen LogP contribution >= 0.6 is 0 Å². The summed E-state index contributed by atoms with van der Waals surface area (Å²) in [5.41, 5.74) is 5.25. The van der Waals surface area contributed by atoms with Crippen molar-refractivity contribution in [1.82, 2.24) is 9.78 Å². The van der Waals surface area contributed by atoms with Gasteiger partial charge in [-0.25, -0.2) is 18.8 Å². The third-order valence-corrected chi connectivity index (χ3v) is 7.84. The summed E-state index contributed by atoms with van der Waals surface area (Å²) in [6.45, 7) is 2.57. The van der Waals surface area contributed by atoms with Gasteiger partial charge in [0, 0.05) is 12.8 Å². The molecule has 0 unspecified atom stereocenters. The maximum atomic E-state index is 13.2. The van der Waals surface area contributed by atoms with Gasteiger partial charge in [0.05, 0.1) is 12.7 Å². The number of aromatic nitrogens is 2. The van der Waals surface area contributed by atoms with Gasteiger partial charge in [-0.2, -0.15) is 5.10 Å². The van der Waals surface area contributed by atoms with Crippen molar-refractivity contribution in [3.63, 3.8) is 0 Å². The van der Waals surface area contributed by atoms with E-state index in [4.69, 9.17) is 14.6 Å². The van der Waals surface area contributed by atoms with Crippen LogP contribution in [0.2, 0.25) is 0 Å². The maximum Gasteiger partial charge on any atom is 0.354 e. The standard InChI is InChI=1S/C21H27N5O4S/c1-21(29-2)11-26-19(30-12-21)17(10-23-26)31(22,28)25-20(27)24-18-15-7-3-5-13(15)9-14-6-4-8-16(14)18/h9-10H,3-8,11-12H2,1-2H3,(H3,22,24,25,27,28)/t21-,31-/m0/s1. The van der Waals surface area contributed by atoms with Gasteiger partial charge in [-0.1, -0.05) is 6.07 Å². The van der Waals surface area contributed by atoms with Crippen molar-refractivity contribution in [2.24, 2.45) is 9.50 Å². The highest BCUT2D eigenvalue weighted by atomic mass is 32.2. The van der Waals surface area contributed by atoms with Crippen LogP contribution in [0, 0.1) is 0 Å². The van der Waals surface area contributed by atoms with E-state index >= 15 is 0 Å². The first-order valence-electron chi connectivity index (χ1n) is 10.6. The van der Waals surface area contributed by atoms with Gasteiger partial charge in [-0.3, -0.25) is 0 Å². The molecule has 0 saturated heterocycles. The number of fused-ring (bicyclic) bond motifs is 3. The number of carbonyl (C=O) groups excluding carboxylic acids is 1. The molecule has 2 atom stereocenters. The molecule has 2 aliphatic carbocycles. The number of hydrogen-bond acceptors (Lipinski definition) is 5. The van der Waals surface area contributed by atoms with E-state index in [9.17, 15) is 9.00 Å². The van der Waals surface area contributed by atoms with Crippen LogP contribution in [-0.2, 0) is 46.9 Å². The van der Waals surface area contributed by atoms with Crippen molar-refractivity contribution in [2.75, 3.05) is 19.0 Å². The molecular formula is C21H27N5O4S. The van der Waals surface area contributed by atoms with Gasteiger partial charge >= 0.3 is 6.03 Å². The Hall–Kier alpha value is -2.43. The first kappa shape index (κ1) is 20.5. The average Bonchev–Trinajstić information content (AvgIpc) is 3.46. The summed E-state index contributed by atoms with van der Waals surface area (Å²) in [6.07, 6.45) is 7.41. The Kier molecular flexibility index (Phi) is 4.83. The summed E-state index contributed by atoms with van der Waals surface area (Å²) in [4.78, 5) is 12.9. The molecule has 2 aromatic rings. The van der Waals surface area contributed by atoms with Crippen LogP contribution in [-0.4, -0.2) is 39.3 Å². The molecule has 0 radical (unpaired) electrons. The average molecular weight is 446 g/mol. The Balaban J connectivity index is 1.45. The van der Waals surface area contributed by atoms with Crippen molar-refractivity contribution < 1.29 is 18.5 Å². The highest BCUT2D eigenvalue weighted by molar-refractivity contribution is 7.91. The van der Waals surface area contributed by atoms with E-state index < -0.39 is 21.5 Å². The number of hydrogen-bond donors (Lipinski definition) is 2. The lowest BCUT2D eigenvalue weighted by atomic mass is 9.99. The molecule has 1 aromatic heterocycles. The fraction of sp³-hybridized carbons (Fsp3) is 0.524. The van der Waals surface area contributed by atoms with Crippen molar-refractivity contribution in [1.29, 1.82) is 0 Å². The Labute approximate surface area is 181 Å². The number of ether oxygens (including phenoxy) is 2. The fourth-order valence-electron chi connectivity index (χ4n) is 4.79. The molecule has 0 bridgehead atoms. The third-order valence-electron chi connectivity index (χ3n) is 6.49. The molecule has 2 heterocycles. The number of carbonyl (C=O) groups is 1. The monoisotopic (exact) mass is 445 g/mol. The Morgan fingerprint density at radius 3 is 2.61 bits per heavy atom. The number of benzene rings is 1. The fourth-order valence-corrected chi connectivity index (χ4v) is 5.80. The maximum absolute atomic E-state index is 13.2. The minimum absolute atomic E-state index is 0.115. The third kappa shape index (κ3) is 3.52. The molecule has 1 aliphatic heterocycles. The van der Waals surface area contributed by atoms with E-state index in [1.807, 2.05) is 6.92 Å². The van der Waals surface area contributed by atoms with Crippen molar-refractivity contribution in [3.8, 4) is 5.88 Å². The van der Waals surface area contributed by atoms with Crippen molar-refractivity contribution in [2.45, 2.75) is 62.5 Å². The summed E-state index contributed by atoms with van der Waals surface area (Å²) in [5, 5.41) is 13.1.